The van der Waals surface area contributed by atoms with Crippen LogP contribution in [-0.2, 0) is 13.0 Å². The molecule has 1 aromatic heterocycles. The van der Waals surface area contributed by atoms with E-state index < -0.39 is 5.97 Å². The Hall–Kier alpha value is -1.25. The Morgan fingerprint density at radius 3 is 2.67 bits per heavy atom. The van der Waals surface area contributed by atoms with Gasteiger partial charge in [-0.3, -0.25) is 0 Å². The van der Waals surface area contributed by atoms with Gasteiger partial charge in [-0.1, -0.05) is 6.92 Å². The number of rotatable bonds is 3. The highest BCUT2D eigenvalue weighted by atomic mass is 16.4. The fourth-order valence-electron chi connectivity index (χ4n) is 1.39. The monoisotopic (exact) mass is 167 g/mol. The minimum atomic E-state index is -0.834. The molecule has 0 radical (unpaired) electrons. The quantitative estimate of drug-likeness (QED) is 0.745. The van der Waals surface area contributed by atoms with Crippen LogP contribution in [0.4, 0.5) is 0 Å². The highest BCUT2D eigenvalue weighted by Gasteiger charge is 2.11. The van der Waals surface area contributed by atoms with E-state index in [9.17, 15) is 4.79 Å². The van der Waals surface area contributed by atoms with Crippen LogP contribution in [0.3, 0.4) is 0 Å². The number of carboxylic acids is 1. The van der Waals surface area contributed by atoms with E-state index in [-0.39, 0.29) is 0 Å². The van der Waals surface area contributed by atoms with E-state index in [1.807, 2.05) is 24.6 Å². The van der Waals surface area contributed by atoms with Crippen molar-refractivity contribution in [3.63, 3.8) is 0 Å². The van der Waals surface area contributed by atoms with Crippen LogP contribution in [-0.4, -0.2) is 15.6 Å². The smallest absolute Gasteiger partial charge is 0.337 e. The van der Waals surface area contributed by atoms with Crippen molar-refractivity contribution in [2.75, 3.05) is 0 Å². The molecule has 0 bridgehead atoms. The number of aromatic carboxylic acids is 1. The molecule has 0 saturated heterocycles. The van der Waals surface area contributed by atoms with Crippen LogP contribution in [0.25, 0.3) is 0 Å². The zero-order valence-electron chi connectivity index (χ0n) is 7.37. The predicted molar refractivity (Wildman–Crippen MR) is 46.4 cm³/mol. The van der Waals surface area contributed by atoms with Crippen LogP contribution < -0.4 is 0 Å². The van der Waals surface area contributed by atoms with E-state index in [1.54, 1.807) is 6.07 Å². The summed E-state index contributed by atoms with van der Waals surface area (Å²) >= 11 is 0. The molecule has 0 aliphatic heterocycles. The van der Waals surface area contributed by atoms with Crippen molar-refractivity contribution in [1.29, 1.82) is 0 Å². The van der Waals surface area contributed by atoms with E-state index in [2.05, 4.69) is 0 Å². The molecule has 0 spiro atoms. The van der Waals surface area contributed by atoms with Crippen LogP contribution in [0.5, 0.6) is 0 Å². The first-order valence-electron chi connectivity index (χ1n) is 4.12. The molecule has 0 aromatic carbocycles. The summed E-state index contributed by atoms with van der Waals surface area (Å²) in [5.41, 5.74) is 1.34. The van der Waals surface area contributed by atoms with Crippen LogP contribution in [0.15, 0.2) is 12.3 Å². The molecule has 3 nitrogen and oxygen atoms in total. The second-order valence-electron chi connectivity index (χ2n) is 2.62. The van der Waals surface area contributed by atoms with E-state index in [1.165, 1.54) is 0 Å². The summed E-state index contributed by atoms with van der Waals surface area (Å²) in [6, 6.07) is 1.66. The molecule has 0 amide bonds. The average Bonchev–Trinajstić information content (AvgIpc) is 2.46. The second kappa shape index (κ2) is 3.43. The summed E-state index contributed by atoms with van der Waals surface area (Å²) in [5.74, 6) is -0.834. The lowest BCUT2D eigenvalue weighted by atomic mass is 10.2. The zero-order valence-corrected chi connectivity index (χ0v) is 7.37. The third kappa shape index (κ3) is 1.35. The third-order valence-corrected chi connectivity index (χ3v) is 1.98. The Balaban J connectivity index is 3.13. The SMILES string of the molecule is CCc1c(C(=O)O)ccn1CC. The van der Waals surface area contributed by atoms with Gasteiger partial charge in [0, 0.05) is 18.4 Å². The van der Waals surface area contributed by atoms with Crippen molar-refractivity contribution in [1.82, 2.24) is 4.57 Å². The Labute approximate surface area is 71.6 Å². The maximum atomic E-state index is 10.7. The number of nitrogens with zero attached hydrogens (tertiary/aromatic N) is 1. The molecule has 0 aliphatic rings. The molecule has 1 rings (SSSR count). The molecular formula is C9H13NO2. The molecular weight excluding hydrogens is 154 g/mol. The fraction of sp³-hybridized carbons (Fsp3) is 0.444. The number of carboxylic acid groups (broad SMARTS) is 1. The first-order chi connectivity index (χ1) is 5.70. The van der Waals surface area contributed by atoms with Crippen molar-refractivity contribution < 1.29 is 9.90 Å². The van der Waals surface area contributed by atoms with Gasteiger partial charge in [0.25, 0.3) is 0 Å². The van der Waals surface area contributed by atoms with Crippen LogP contribution in [0, 0.1) is 0 Å². The van der Waals surface area contributed by atoms with E-state index >= 15 is 0 Å². The van der Waals surface area contributed by atoms with Gasteiger partial charge >= 0.3 is 5.97 Å². The highest BCUT2D eigenvalue weighted by molar-refractivity contribution is 5.89. The highest BCUT2D eigenvalue weighted by Crippen LogP contribution is 2.11. The van der Waals surface area contributed by atoms with Crippen LogP contribution >= 0.6 is 0 Å². The minimum Gasteiger partial charge on any atom is -0.478 e. The molecule has 0 unspecified atom stereocenters. The standard InChI is InChI=1S/C9H13NO2/c1-3-8-7(9(11)12)5-6-10(8)4-2/h5-6H,3-4H2,1-2H3,(H,11,12). The van der Waals surface area contributed by atoms with Gasteiger partial charge in [-0.2, -0.15) is 0 Å². The van der Waals surface area contributed by atoms with Crippen LogP contribution in [0.1, 0.15) is 29.9 Å². The number of hydrogen-bond donors (Lipinski definition) is 1. The summed E-state index contributed by atoms with van der Waals surface area (Å²) in [4.78, 5) is 10.7. The van der Waals surface area contributed by atoms with Gasteiger partial charge in [-0.15, -0.1) is 0 Å². The summed E-state index contributed by atoms with van der Waals surface area (Å²) in [7, 11) is 0. The van der Waals surface area contributed by atoms with Crippen LogP contribution in [0.2, 0.25) is 0 Å². The number of aromatic nitrogens is 1. The molecule has 12 heavy (non-hydrogen) atoms. The van der Waals surface area contributed by atoms with E-state index in [0.29, 0.717) is 5.56 Å². The number of hydrogen-bond acceptors (Lipinski definition) is 1. The number of aryl methyl sites for hydroxylation is 1. The zero-order chi connectivity index (χ0) is 9.14. The Morgan fingerprint density at radius 2 is 2.25 bits per heavy atom. The first kappa shape index (κ1) is 8.84. The van der Waals surface area contributed by atoms with Crippen molar-refractivity contribution in [2.24, 2.45) is 0 Å². The molecule has 1 N–H and O–H groups in total. The second-order valence-corrected chi connectivity index (χ2v) is 2.62. The molecule has 1 aromatic rings. The largest absolute Gasteiger partial charge is 0.478 e. The first-order valence-corrected chi connectivity index (χ1v) is 4.12. The van der Waals surface area contributed by atoms with Crippen molar-refractivity contribution in [3.05, 3.63) is 23.5 Å². The van der Waals surface area contributed by atoms with E-state index in [4.69, 9.17) is 5.11 Å². The van der Waals surface area contributed by atoms with E-state index in [0.717, 1.165) is 18.7 Å². The fourth-order valence-corrected chi connectivity index (χ4v) is 1.39. The third-order valence-electron chi connectivity index (χ3n) is 1.98. The lowest BCUT2D eigenvalue weighted by molar-refractivity contribution is 0.0695. The Morgan fingerprint density at radius 1 is 1.58 bits per heavy atom. The number of carbonyl (C=O) groups is 1. The summed E-state index contributed by atoms with van der Waals surface area (Å²) in [6.07, 6.45) is 2.59. The van der Waals surface area contributed by atoms with Gasteiger partial charge in [0.05, 0.1) is 5.56 Å². The van der Waals surface area contributed by atoms with Gasteiger partial charge in [-0.25, -0.2) is 4.79 Å². The lowest BCUT2D eigenvalue weighted by Gasteiger charge is -2.03. The summed E-state index contributed by atoms with van der Waals surface area (Å²) in [6.45, 7) is 4.80. The minimum absolute atomic E-state index is 0.430. The van der Waals surface area contributed by atoms with Crippen molar-refractivity contribution >= 4 is 5.97 Å². The van der Waals surface area contributed by atoms with Crippen molar-refractivity contribution in [2.45, 2.75) is 26.8 Å². The van der Waals surface area contributed by atoms with Gasteiger partial charge in [-0.05, 0) is 19.4 Å². The molecule has 3 heteroatoms. The normalized spacial score (nSPS) is 10.2. The Kier molecular flexibility index (Phi) is 2.53. The van der Waals surface area contributed by atoms with Crippen molar-refractivity contribution in [3.8, 4) is 0 Å². The molecule has 0 fully saturated rings. The average molecular weight is 167 g/mol. The predicted octanol–water partition coefficient (Wildman–Crippen LogP) is 1.77. The van der Waals surface area contributed by atoms with Gasteiger partial charge < -0.3 is 9.67 Å². The summed E-state index contributed by atoms with van der Waals surface area (Å²) < 4.78 is 1.96. The molecule has 0 aliphatic carbocycles. The summed E-state index contributed by atoms with van der Waals surface area (Å²) in [5, 5.41) is 8.79. The molecule has 66 valence electrons. The molecule has 0 saturated carbocycles. The lowest BCUT2D eigenvalue weighted by Crippen LogP contribution is -2.04. The van der Waals surface area contributed by atoms with Gasteiger partial charge in [0.15, 0.2) is 0 Å². The van der Waals surface area contributed by atoms with Gasteiger partial charge in [0.2, 0.25) is 0 Å². The molecule has 1 heterocycles. The maximum Gasteiger partial charge on any atom is 0.337 e. The topological polar surface area (TPSA) is 42.2 Å². The maximum absolute atomic E-state index is 10.7. The molecule has 0 atom stereocenters. The Bertz CT molecular complexity index is 289. The van der Waals surface area contributed by atoms with Gasteiger partial charge in [0.1, 0.15) is 0 Å².